The van der Waals surface area contributed by atoms with Crippen LogP contribution in [0.1, 0.15) is 13.8 Å². The topological polar surface area (TPSA) is 49.9 Å². The van der Waals surface area contributed by atoms with Gasteiger partial charge in [-0.05, 0) is 38.1 Å². The second kappa shape index (κ2) is 6.35. The van der Waals surface area contributed by atoms with Crippen LogP contribution in [0.4, 0.5) is 0 Å². The van der Waals surface area contributed by atoms with Gasteiger partial charge in [0.2, 0.25) is 6.41 Å². The van der Waals surface area contributed by atoms with Crippen LogP contribution in [0, 0.1) is 0 Å². The van der Waals surface area contributed by atoms with Crippen molar-refractivity contribution in [3.8, 4) is 5.75 Å². The molecule has 0 spiro atoms. The minimum absolute atomic E-state index is 0.0806. The molecule has 1 saturated heterocycles. The fraction of sp³-hybridized carbons (Fsp3) is 0.467. The maximum Gasteiger partial charge on any atom is 0.266 e. The highest BCUT2D eigenvalue weighted by molar-refractivity contribution is 6.30. The summed E-state index contributed by atoms with van der Waals surface area (Å²) in [4.78, 5) is 26.6. The van der Waals surface area contributed by atoms with Gasteiger partial charge in [0.25, 0.3) is 5.91 Å². The summed E-state index contributed by atoms with van der Waals surface area (Å²) in [5.41, 5.74) is -0.961. The zero-order valence-corrected chi connectivity index (χ0v) is 13.0. The quantitative estimate of drug-likeness (QED) is 0.797. The van der Waals surface area contributed by atoms with Gasteiger partial charge in [-0.3, -0.25) is 9.59 Å². The number of halogens is 1. The molecular weight excluding hydrogens is 292 g/mol. The highest BCUT2D eigenvalue weighted by Gasteiger charge is 2.35. The lowest BCUT2D eigenvalue weighted by Gasteiger charge is -2.37. The van der Waals surface area contributed by atoms with Crippen molar-refractivity contribution in [2.24, 2.45) is 0 Å². The van der Waals surface area contributed by atoms with Gasteiger partial charge in [-0.2, -0.15) is 0 Å². The Bertz CT molecular complexity index is 508. The van der Waals surface area contributed by atoms with Crippen LogP contribution in [-0.4, -0.2) is 53.9 Å². The number of nitrogens with zero attached hydrogens (tertiary/aromatic N) is 2. The average Bonchev–Trinajstić information content (AvgIpc) is 2.49. The van der Waals surface area contributed by atoms with Gasteiger partial charge < -0.3 is 14.5 Å². The fourth-order valence-electron chi connectivity index (χ4n) is 2.25. The molecule has 0 radical (unpaired) electrons. The van der Waals surface area contributed by atoms with E-state index in [1.54, 1.807) is 47.9 Å². The zero-order valence-electron chi connectivity index (χ0n) is 12.2. The number of carbonyl (C=O) groups is 2. The number of hydrogen-bond donors (Lipinski definition) is 0. The van der Waals surface area contributed by atoms with Gasteiger partial charge in [0, 0.05) is 31.2 Å². The first-order chi connectivity index (χ1) is 9.92. The predicted octanol–water partition coefficient (Wildman–Crippen LogP) is 1.80. The van der Waals surface area contributed by atoms with Gasteiger partial charge in [0.15, 0.2) is 5.60 Å². The Morgan fingerprint density at radius 2 is 1.76 bits per heavy atom. The molecule has 1 fully saturated rings. The molecule has 0 unspecified atom stereocenters. The molecule has 0 aromatic heterocycles. The van der Waals surface area contributed by atoms with Gasteiger partial charge in [0.1, 0.15) is 5.75 Å². The van der Waals surface area contributed by atoms with E-state index in [0.29, 0.717) is 37.0 Å². The summed E-state index contributed by atoms with van der Waals surface area (Å²) >= 11 is 5.83. The van der Waals surface area contributed by atoms with Crippen molar-refractivity contribution in [1.29, 1.82) is 0 Å². The third-order valence-electron chi connectivity index (χ3n) is 3.45. The molecule has 1 aliphatic rings. The van der Waals surface area contributed by atoms with Crippen molar-refractivity contribution >= 4 is 23.9 Å². The number of ether oxygens (including phenoxy) is 1. The molecule has 1 heterocycles. The molecule has 0 saturated carbocycles. The number of carbonyl (C=O) groups excluding carboxylic acids is 2. The molecule has 0 bridgehead atoms. The first-order valence-corrected chi connectivity index (χ1v) is 7.23. The van der Waals surface area contributed by atoms with Crippen molar-refractivity contribution in [3.05, 3.63) is 29.3 Å². The number of benzene rings is 1. The second-order valence-corrected chi connectivity index (χ2v) is 5.94. The van der Waals surface area contributed by atoms with Gasteiger partial charge in [-0.25, -0.2) is 0 Å². The summed E-state index contributed by atoms with van der Waals surface area (Å²) in [5.74, 6) is 0.521. The Hall–Kier alpha value is -1.75. The van der Waals surface area contributed by atoms with Crippen molar-refractivity contribution in [3.63, 3.8) is 0 Å². The molecule has 1 aliphatic heterocycles. The van der Waals surface area contributed by atoms with E-state index in [0.717, 1.165) is 6.41 Å². The molecule has 2 amide bonds. The maximum atomic E-state index is 12.6. The van der Waals surface area contributed by atoms with E-state index in [9.17, 15) is 9.59 Å². The van der Waals surface area contributed by atoms with Crippen molar-refractivity contribution in [2.75, 3.05) is 26.2 Å². The van der Waals surface area contributed by atoms with E-state index < -0.39 is 5.60 Å². The van der Waals surface area contributed by atoms with Crippen LogP contribution in [-0.2, 0) is 9.59 Å². The van der Waals surface area contributed by atoms with Crippen LogP contribution in [0.15, 0.2) is 24.3 Å². The first-order valence-electron chi connectivity index (χ1n) is 6.86. The van der Waals surface area contributed by atoms with Gasteiger partial charge >= 0.3 is 0 Å². The molecule has 5 nitrogen and oxygen atoms in total. The SMILES string of the molecule is CC(C)(Oc1ccc(Cl)cc1)C(=O)N1CCN(C=O)CC1. The minimum atomic E-state index is -0.961. The zero-order chi connectivity index (χ0) is 15.5. The third kappa shape index (κ3) is 3.88. The summed E-state index contributed by atoms with van der Waals surface area (Å²) in [5, 5.41) is 0.622. The molecule has 0 aliphatic carbocycles. The molecule has 0 N–H and O–H groups in total. The molecule has 1 aromatic carbocycles. The molecule has 1 aromatic rings. The van der Waals surface area contributed by atoms with E-state index in [2.05, 4.69) is 0 Å². The van der Waals surface area contributed by atoms with Crippen LogP contribution in [0.2, 0.25) is 5.02 Å². The Morgan fingerprint density at radius 1 is 1.19 bits per heavy atom. The fourth-order valence-corrected chi connectivity index (χ4v) is 2.38. The third-order valence-corrected chi connectivity index (χ3v) is 3.70. The van der Waals surface area contributed by atoms with Crippen LogP contribution in [0.25, 0.3) is 0 Å². The molecule has 0 atom stereocenters. The van der Waals surface area contributed by atoms with Crippen LogP contribution < -0.4 is 4.74 Å². The monoisotopic (exact) mass is 310 g/mol. The van der Waals surface area contributed by atoms with Gasteiger partial charge in [-0.15, -0.1) is 0 Å². The van der Waals surface area contributed by atoms with E-state index in [1.807, 2.05) is 0 Å². The van der Waals surface area contributed by atoms with Crippen LogP contribution in [0.3, 0.4) is 0 Å². The maximum absolute atomic E-state index is 12.6. The van der Waals surface area contributed by atoms with Crippen LogP contribution >= 0.6 is 11.6 Å². The molecule has 114 valence electrons. The first kappa shape index (κ1) is 15.6. The minimum Gasteiger partial charge on any atom is -0.478 e. The summed E-state index contributed by atoms with van der Waals surface area (Å²) in [6.07, 6.45) is 0.817. The Labute approximate surface area is 129 Å². The Kier molecular flexibility index (Phi) is 4.73. The van der Waals surface area contributed by atoms with E-state index in [-0.39, 0.29) is 5.91 Å². The number of rotatable bonds is 4. The standard InChI is InChI=1S/C15H19ClN2O3/c1-15(2,21-13-5-3-12(16)4-6-13)14(20)18-9-7-17(11-19)8-10-18/h3-6,11H,7-10H2,1-2H3. The predicted molar refractivity (Wildman–Crippen MR) is 80.4 cm³/mol. The smallest absolute Gasteiger partial charge is 0.266 e. The lowest BCUT2D eigenvalue weighted by Crippen LogP contribution is -2.55. The van der Waals surface area contributed by atoms with Crippen molar-refractivity contribution in [1.82, 2.24) is 9.80 Å². The van der Waals surface area contributed by atoms with Crippen LogP contribution in [0.5, 0.6) is 5.75 Å². The van der Waals surface area contributed by atoms with E-state index in [1.165, 1.54) is 0 Å². The van der Waals surface area contributed by atoms with E-state index >= 15 is 0 Å². The number of hydrogen-bond acceptors (Lipinski definition) is 3. The summed E-state index contributed by atoms with van der Waals surface area (Å²) in [6.45, 7) is 5.68. The Balaban J connectivity index is 1.99. The average molecular weight is 311 g/mol. The molecule has 2 rings (SSSR count). The normalized spacial score (nSPS) is 15.8. The molecule has 6 heteroatoms. The largest absolute Gasteiger partial charge is 0.478 e. The van der Waals surface area contributed by atoms with Gasteiger partial charge in [-0.1, -0.05) is 11.6 Å². The molecule has 21 heavy (non-hydrogen) atoms. The highest BCUT2D eigenvalue weighted by atomic mass is 35.5. The Morgan fingerprint density at radius 3 is 2.29 bits per heavy atom. The highest BCUT2D eigenvalue weighted by Crippen LogP contribution is 2.22. The molecular formula is C15H19ClN2O3. The summed E-state index contributed by atoms with van der Waals surface area (Å²) in [6, 6.07) is 6.92. The van der Waals surface area contributed by atoms with Crippen molar-refractivity contribution in [2.45, 2.75) is 19.4 Å². The lowest BCUT2D eigenvalue weighted by atomic mass is 10.1. The lowest BCUT2D eigenvalue weighted by molar-refractivity contribution is -0.148. The second-order valence-electron chi connectivity index (χ2n) is 5.50. The summed E-state index contributed by atoms with van der Waals surface area (Å²) in [7, 11) is 0. The van der Waals surface area contributed by atoms with E-state index in [4.69, 9.17) is 16.3 Å². The summed E-state index contributed by atoms with van der Waals surface area (Å²) < 4.78 is 5.79. The number of amides is 2. The van der Waals surface area contributed by atoms with Gasteiger partial charge in [0.05, 0.1) is 0 Å². The number of piperazine rings is 1. The van der Waals surface area contributed by atoms with Crippen molar-refractivity contribution < 1.29 is 14.3 Å².